The van der Waals surface area contributed by atoms with Crippen LogP contribution < -0.4 is 5.56 Å². The van der Waals surface area contributed by atoms with E-state index in [-0.39, 0.29) is 11.4 Å². The first kappa shape index (κ1) is 25.7. The number of hydrogen-bond donors (Lipinski definition) is 1. The molecule has 0 saturated heterocycles. The van der Waals surface area contributed by atoms with E-state index in [4.69, 9.17) is 0 Å². The minimum atomic E-state index is -4.45. The number of benzene rings is 2. The van der Waals surface area contributed by atoms with Crippen LogP contribution >= 0.6 is 0 Å². The molecule has 5 nitrogen and oxygen atoms in total. The molecule has 1 aliphatic rings. The van der Waals surface area contributed by atoms with Crippen LogP contribution in [0.3, 0.4) is 0 Å². The average Bonchev–Trinajstić information content (AvgIpc) is 2.88. The zero-order valence-corrected chi connectivity index (χ0v) is 19.7. The van der Waals surface area contributed by atoms with Crippen molar-refractivity contribution < 1.29 is 26.3 Å². The lowest BCUT2D eigenvalue weighted by molar-refractivity contribution is -0.138. The highest BCUT2D eigenvalue weighted by molar-refractivity contribution is 5.60. The van der Waals surface area contributed by atoms with Gasteiger partial charge >= 0.3 is 12.4 Å². The van der Waals surface area contributed by atoms with Gasteiger partial charge < -0.3 is 4.98 Å². The maximum Gasteiger partial charge on any atom is 0.416 e. The van der Waals surface area contributed by atoms with Crippen molar-refractivity contribution in [3.05, 3.63) is 105 Å². The van der Waals surface area contributed by atoms with Crippen molar-refractivity contribution in [1.29, 1.82) is 0 Å². The molecular weight excluding hydrogens is 510 g/mol. The van der Waals surface area contributed by atoms with E-state index in [1.165, 1.54) is 18.2 Å². The van der Waals surface area contributed by atoms with E-state index < -0.39 is 23.5 Å². The zero-order valence-electron chi connectivity index (χ0n) is 19.7. The number of nitrogens with one attached hydrogen (secondary N) is 1. The van der Waals surface area contributed by atoms with Gasteiger partial charge in [-0.05, 0) is 35.9 Å². The molecule has 0 unspecified atom stereocenters. The van der Waals surface area contributed by atoms with Gasteiger partial charge in [0.15, 0.2) is 0 Å². The van der Waals surface area contributed by atoms with E-state index in [1.807, 2.05) is 4.90 Å². The molecule has 0 fully saturated rings. The molecular formula is C27H20F6N4O. The summed E-state index contributed by atoms with van der Waals surface area (Å²) in [5.74, 6) is 0.213. The van der Waals surface area contributed by atoms with E-state index in [0.29, 0.717) is 54.1 Å². The molecule has 0 amide bonds. The Morgan fingerprint density at radius 2 is 1.61 bits per heavy atom. The van der Waals surface area contributed by atoms with Crippen LogP contribution in [0.15, 0.2) is 71.7 Å². The van der Waals surface area contributed by atoms with Gasteiger partial charge in [0.05, 0.1) is 28.1 Å². The number of halogens is 6. The molecule has 196 valence electrons. The Labute approximate surface area is 212 Å². The van der Waals surface area contributed by atoms with Gasteiger partial charge in [0, 0.05) is 43.4 Å². The highest BCUT2D eigenvalue weighted by Crippen LogP contribution is 2.32. The van der Waals surface area contributed by atoms with Crippen LogP contribution in [-0.2, 0) is 31.9 Å². The molecule has 2 aromatic carbocycles. The van der Waals surface area contributed by atoms with Crippen LogP contribution in [0.1, 0.15) is 27.9 Å². The fourth-order valence-corrected chi connectivity index (χ4v) is 4.37. The Kier molecular flexibility index (Phi) is 6.56. The summed E-state index contributed by atoms with van der Waals surface area (Å²) < 4.78 is 77.5. The first-order chi connectivity index (χ1) is 18.0. The number of nitrogens with zero attached hydrogens (tertiary/aromatic N) is 3. The molecule has 38 heavy (non-hydrogen) atoms. The lowest BCUT2D eigenvalue weighted by Gasteiger charge is -2.27. The third-order valence-electron chi connectivity index (χ3n) is 6.35. The first-order valence-corrected chi connectivity index (χ1v) is 11.6. The van der Waals surface area contributed by atoms with Crippen LogP contribution in [-0.4, -0.2) is 26.4 Å². The Morgan fingerprint density at radius 3 is 2.26 bits per heavy atom. The topological polar surface area (TPSA) is 61.9 Å². The molecule has 0 aliphatic carbocycles. The summed E-state index contributed by atoms with van der Waals surface area (Å²) in [5.41, 5.74) is 1.19. The van der Waals surface area contributed by atoms with Gasteiger partial charge in [-0.15, -0.1) is 0 Å². The van der Waals surface area contributed by atoms with Crippen molar-refractivity contribution in [3.63, 3.8) is 0 Å². The standard InChI is InChI=1S/C27H20F6N4O/c28-26(29,30)19-7-5-17(6-8-19)24-35-23-10-11-37(15-21(23)25(38)36-24)14-16-4-9-22(34-13-16)18-2-1-3-20(12-18)27(31,32)33/h1-9,12-13H,10-11,14-15H2,(H,35,36,38). The SMILES string of the molecule is O=c1[nH]c(-c2ccc(C(F)(F)F)cc2)nc2c1CN(Cc1ccc(-c3cccc(C(F)(F)F)c3)nc1)CC2. The van der Waals surface area contributed by atoms with Crippen LogP contribution in [0.4, 0.5) is 26.3 Å². The fraction of sp³-hybridized carbons (Fsp3) is 0.222. The third kappa shape index (κ3) is 5.47. The van der Waals surface area contributed by atoms with Crippen LogP contribution in [0.2, 0.25) is 0 Å². The molecule has 3 heterocycles. The summed E-state index contributed by atoms with van der Waals surface area (Å²) in [6.45, 7) is 1.38. The maximum atomic E-state index is 13.0. The Bertz CT molecular complexity index is 1510. The number of fused-ring (bicyclic) bond motifs is 1. The highest BCUT2D eigenvalue weighted by Gasteiger charge is 2.31. The molecule has 11 heteroatoms. The molecule has 4 aromatic rings. The summed E-state index contributed by atoms with van der Waals surface area (Å²) >= 11 is 0. The minimum Gasteiger partial charge on any atom is -0.306 e. The first-order valence-electron chi connectivity index (χ1n) is 11.6. The molecule has 0 saturated carbocycles. The van der Waals surface area contributed by atoms with Crippen LogP contribution in [0.5, 0.6) is 0 Å². The molecule has 5 rings (SSSR count). The second-order valence-corrected chi connectivity index (χ2v) is 9.01. The van der Waals surface area contributed by atoms with Gasteiger partial charge in [-0.2, -0.15) is 26.3 Å². The lowest BCUT2D eigenvalue weighted by Crippen LogP contribution is -2.35. The van der Waals surface area contributed by atoms with Crippen LogP contribution in [0, 0.1) is 0 Å². The van der Waals surface area contributed by atoms with Crippen molar-refractivity contribution in [2.24, 2.45) is 0 Å². The van der Waals surface area contributed by atoms with Gasteiger partial charge in [0.2, 0.25) is 0 Å². The zero-order chi connectivity index (χ0) is 27.1. The monoisotopic (exact) mass is 530 g/mol. The van der Waals surface area contributed by atoms with Gasteiger partial charge in [-0.3, -0.25) is 14.7 Å². The normalized spacial score (nSPS) is 14.4. The van der Waals surface area contributed by atoms with Gasteiger partial charge in [0.25, 0.3) is 5.56 Å². The van der Waals surface area contributed by atoms with Crippen molar-refractivity contribution in [3.8, 4) is 22.6 Å². The van der Waals surface area contributed by atoms with Crippen molar-refractivity contribution in [2.45, 2.75) is 31.9 Å². The number of alkyl halides is 6. The molecule has 2 aromatic heterocycles. The van der Waals surface area contributed by atoms with E-state index in [2.05, 4.69) is 15.0 Å². The van der Waals surface area contributed by atoms with Gasteiger partial charge in [-0.25, -0.2) is 4.98 Å². The number of aromatic amines is 1. The summed E-state index contributed by atoms with van der Waals surface area (Å²) in [5, 5.41) is 0. The predicted molar refractivity (Wildman–Crippen MR) is 128 cm³/mol. The Hall–Kier alpha value is -3.99. The second kappa shape index (κ2) is 9.71. The predicted octanol–water partition coefficient (Wildman–Crippen LogP) is 6.09. The number of rotatable bonds is 4. The summed E-state index contributed by atoms with van der Waals surface area (Å²) in [4.78, 5) is 26.3. The van der Waals surface area contributed by atoms with Crippen molar-refractivity contribution in [2.75, 3.05) is 6.54 Å². The molecule has 0 atom stereocenters. The lowest BCUT2D eigenvalue weighted by atomic mass is 10.0. The Morgan fingerprint density at radius 1 is 0.868 bits per heavy atom. The van der Waals surface area contributed by atoms with E-state index in [0.717, 1.165) is 29.8 Å². The number of hydrogen-bond acceptors (Lipinski definition) is 4. The number of aromatic nitrogens is 3. The molecule has 1 aliphatic heterocycles. The van der Waals surface area contributed by atoms with Crippen LogP contribution in [0.25, 0.3) is 22.6 Å². The summed E-state index contributed by atoms with van der Waals surface area (Å²) in [6, 6.07) is 12.9. The third-order valence-corrected chi connectivity index (χ3v) is 6.35. The smallest absolute Gasteiger partial charge is 0.306 e. The quantitative estimate of drug-likeness (QED) is 0.324. The average molecular weight is 530 g/mol. The van der Waals surface area contributed by atoms with E-state index in [9.17, 15) is 31.1 Å². The Balaban J connectivity index is 1.29. The van der Waals surface area contributed by atoms with E-state index in [1.54, 1.807) is 24.4 Å². The maximum absolute atomic E-state index is 13.0. The van der Waals surface area contributed by atoms with Gasteiger partial charge in [0.1, 0.15) is 5.82 Å². The largest absolute Gasteiger partial charge is 0.416 e. The van der Waals surface area contributed by atoms with Crippen molar-refractivity contribution in [1.82, 2.24) is 19.9 Å². The second-order valence-electron chi connectivity index (χ2n) is 9.01. The molecule has 0 spiro atoms. The minimum absolute atomic E-state index is 0.213. The molecule has 0 bridgehead atoms. The summed E-state index contributed by atoms with van der Waals surface area (Å²) in [6.07, 6.45) is -6.82. The number of pyridine rings is 1. The fourth-order valence-electron chi connectivity index (χ4n) is 4.37. The van der Waals surface area contributed by atoms with E-state index >= 15 is 0 Å². The van der Waals surface area contributed by atoms with Gasteiger partial charge in [-0.1, -0.05) is 30.3 Å². The summed E-state index contributed by atoms with van der Waals surface area (Å²) in [7, 11) is 0. The number of H-pyrrole nitrogens is 1. The molecule has 1 N–H and O–H groups in total. The van der Waals surface area contributed by atoms with Crippen molar-refractivity contribution >= 4 is 0 Å². The highest BCUT2D eigenvalue weighted by atomic mass is 19.4. The molecule has 0 radical (unpaired) electrons.